The minimum atomic E-state index is -1.38. The topological polar surface area (TPSA) is 3.88 Å². The van der Waals surface area contributed by atoms with E-state index in [1.165, 1.54) is 27.6 Å². The molecule has 0 unspecified atom stereocenters. The van der Waals surface area contributed by atoms with Crippen molar-refractivity contribution < 1.29 is 4.57 Å². The molecule has 0 aliphatic rings. The molecule has 136 valence electrons. The van der Waals surface area contributed by atoms with Gasteiger partial charge in [0.05, 0.1) is 8.07 Å². The maximum atomic E-state index is 2.46. The van der Waals surface area contributed by atoms with Crippen molar-refractivity contribution in [1.82, 2.24) is 0 Å². The third-order valence-corrected chi connectivity index (χ3v) is 7.23. The van der Waals surface area contributed by atoms with E-state index in [9.17, 15) is 0 Å². The molecule has 2 aromatic carbocycles. The second kappa shape index (κ2) is 7.00. The van der Waals surface area contributed by atoms with E-state index in [0.717, 1.165) is 6.42 Å². The third kappa shape index (κ3) is 3.76. The fourth-order valence-electron chi connectivity index (χ4n) is 3.87. The molecule has 1 heterocycles. The van der Waals surface area contributed by atoms with Gasteiger partial charge in [0.1, 0.15) is 7.05 Å². The van der Waals surface area contributed by atoms with Crippen molar-refractivity contribution >= 4 is 24.0 Å². The molecule has 2 heteroatoms. The number of benzene rings is 2. The number of aryl methyl sites for hydroxylation is 2. The lowest BCUT2D eigenvalue weighted by Gasteiger charge is -2.21. The van der Waals surface area contributed by atoms with E-state index in [1.807, 2.05) is 0 Å². The summed E-state index contributed by atoms with van der Waals surface area (Å²) in [5.74, 6) is 0.670. The van der Waals surface area contributed by atoms with E-state index < -0.39 is 8.07 Å². The summed E-state index contributed by atoms with van der Waals surface area (Å²) in [7, 11) is 0.823. The molecule has 0 atom stereocenters. The number of hydrogen-bond acceptors (Lipinski definition) is 0. The van der Waals surface area contributed by atoms with Gasteiger partial charge in [-0.2, -0.15) is 0 Å². The molecule has 0 aliphatic heterocycles. The van der Waals surface area contributed by atoms with Gasteiger partial charge in [-0.3, -0.25) is 0 Å². The van der Waals surface area contributed by atoms with Gasteiger partial charge >= 0.3 is 0 Å². The van der Waals surface area contributed by atoms with Crippen molar-refractivity contribution in [2.75, 3.05) is 0 Å². The summed E-state index contributed by atoms with van der Waals surface area (Å²) in [6.45, 7) is 14.2. The molecule has 0 aliphatic carbocycles. The summed E-state index contributed by atoms with van der Waals surface area (Å²) < 4.78 is 2.34. The summed E-state index contributed by atoms with van der Waals surface area (Å²) in [5.41, 5.74) is 5.56. The van der Waals surface area contributed by atoms with Gasteiger partial charge in [-0.15, -0.1) is 0 Å². The minimum absolute atomic E-state index is 0.670. The van der Waals surface area contributed by atoms with Crippen LogP contribution in [0.25, 0.3) is 22.0 Å². The average molecular weight is 363 g/mol. The molecular weight excluding hydrogens is 330 g/mol. The fourth-order valence-corrected chi connectivity index (χ4v) is 5.59. The van der Waals surface area contributed by atoms with Crippen molar-refractivity contribution in [1.29, 1.82) is 0 Å². The predicted octanol–water partition coefficient (Wildman–Crippen LogP) is 5.38. The zero-order chi connectivity index (χ0) is 19.1. The van der Waals surface area contributed by atoms with Crippen LogP contribution in [-0.2, 0) is 13.5 Å². The van der Waals surface area contributed by atoms with Gasteiger partial charge in [0.25, 0.3) is 0 Å². The molecule has 0 fully saturated rings. The summed E-state index contributed by atoms with van der Waals surface area (Å²) in [5, 5.41) is 4.22. The molecule has 0 radical (unpaired) electrons. The molecule has 0 saturated heterocycles. The Hall–Kier alpha value is -1.93. The largest absolute Gasteiger partial charge is 0.212 e. The van der Waals surface area contributed by atoms with E-state index in [1.54, 1.807) is 10.8 Å². The highest BCUT2D eigenvalue weighted by atomic mass is 28.3. The molecule has 1 nitrogen and oxygen atoms in total. The Labute approximate surface area is 159 Å². The number of pyridine rings is 1. The monoisotopic (exact) mass is 362 g/mol. The zero-order valence-corrected chi connectivity index (χ0v) is 18.4. The Morgan fingerprint density at radius 1 is 0.962 bits per heavy atom. The Kier molecular flexibility index (Phi) is 5.07. The van der Waals surface area contributed by atoms with E-state index in [4.69, 9.17) is 0 Å². The normalized spacial score (nSPS) is 12.2. The molecule has 0 spiro atoms. The highest BCUT2D eigenvalue weighted by molar-refractivity contribution is 6.88. The maximum absolute atomic E-state index is 2.46. The number of rotatable bonds is 4. The van der Waals surface area contributed by atoms with Crippen LogP contribution in [0.5, 0.6) is 0 Å². The van der Waals surface area contributed by atoms with Crippen molar-refractivity contribution in [3.8, 4) is 11.3 Å². The van der Waals surface area contributed by atoms with E-state index in [0.29, 0.717) is 5.92 Å². The van der Waals surface area contributed by atoms with Crippen molar-refractivity contribution in [2.45, 2.75) is 46.8 Å². The van der Waals surface area contributed by atoms with Crippen molar-refractivity contribution in [2.24, 2.45) is 13.0 Å². The van der Waals surface area contributed by atoms with E-state index in [2.05, 4.69) is 101 Å². The van der Waals surface area contributed by atoms with Crippen LogP contribution >= 0.6 is 0 Å². The lowest BCUT2D eigenvalue weighted by molar-refractivity contribution is -0.659. The van der Waals surface area contributed by atoms with Crippen LogP contribution in [0.3, 0.4) is 0 Å². The Bertz CT molecular complexity index is 948. The molecule has 0 N–H and O–H groups in total. The second-order valence-corrected chi connectivity index (χ2v) is 14.1. The minimum Gasteiger partial charge on any atom is -0.201 e. The highest BCUT2D eigenvalue weighted by Gasteiger charge is 2.26. The molecule has 26 heavy (non-hydrogen) atoms. The smallest absolute Gasteiger partial charge is 0.201 e. The molecule has 3 aromatic rings. The van der Waals surface area contributed by atoms with Crippen molar-refractivity contribution in [3.05, 3.63) is 59.8 Å². The van der Waals surface area contributed by atoms with Gasteiger partial charge < -0.3 is 0 Å². The predicted molar refractivity (Wildman–Crippen MR) is 117 cm³/mol. The van der Waals surface area contributed by atoms with Crippen molar-refractivity contribution in [3.63, 3.8) is 0 Å². The van der Waals surface area contributed by atoms with Gasteiger partial charge in [0.15, 0.2) is 6.20 Å². The first-order chi connectivity index (χ1) is 12.2. The summed E-state index contributed by atoms with van der Waals surface area (Å²) >= 11 is 0. The van der Waals surface area contributed by atoms with Crippen LogP contribution in [0.4, 0.5) is 0 Å². The Morgan fingerprint density at radius 2 is 1.58 bits per heavy atom. The van der Waals surface area contributed by atoms with Gasteiger partial charge in [-0.25, -0.2) is 4.57 Å². The van der Waals surface area contributed by atoms with Gasteiger partial charge in [0, 0.05) is 16.8 Å². The number of hydrogen-bond donors (Lipinski definition) is 0. The summed E-state index contributed by atoms with van der Waals surface area (Å²) in [4.78, 5) is 0. The SMILES string of the molecule is Cc1cc2ccccc2cc1-c1cc(CC(C)C)c([Si](C)(C)C)c[n+]1C. The molecular formula is C24H32NSi+. The molecule has 0 bridgehead atoms. The number of aromatic nitrogens is 1. The van der Waals surface area contributed by atoms with Gasteiger partial charge in [0.2, 0.25) is 5.69 Å². The lowest BCUT2D eigenvalue weighted by atomic mass is 9.96. The summed E-state index contributed by atoms with van der Waals surface area (Å²) in [6, 6.07) is 15.8. The van der Waals surface area contributed by atoms with Crippen LogP contribution < -0.4 is 9.75 Å². The Balaban J connectivity index is 2.23. The second-order valence-electron chi connectivity index (χ2n) is 9.07. The fraction of sp³-hybridized carbons (Fsp3) is 0.375. The molecule has 1 aromatic heterocycles. The third-order valence-electron chi connectivity index (χ3n) is 5.16. The first-order valence-electron chi connectivity index (χ1n) is 9.69. The van der Waals surface area contributed by atoms with E-state index >= 15 is 0 Å². The highest BCUT2D eigenvalue weighted by Crippen LogP contribution is 2.27. The van der Waals surface area contributed by atoms with Crippen LogP contribution in [0, 0.1) is 12.8 Å². The lowest BCUT2D eigenvalue weighted by Crippen LogP contribution is -2.47. The average Bonchev–Trinajstić information content (AvgIpc) is 2.54. The van der Waals surface area contributed by atoms with Crippen LogP contribution in [-0.4, -0.2) is 8.07 Å². The number of nitrogens with zero attached hydrogens (tertiary/aromatic N) is 1. The summed E-state index contributed by atoms with van der Waals surface area (Å²) in [6.07, 6.45) is 3.56. The van der Waals surface area contributed by atoms with Gasteiger partial charge in [-0.05, 0) is 47.2 Å². The maximum Gasteiger partial charge on any atom is 0.212 e. The van der Waals surface area contributed by atoms with Gasteiger partial charge in [-0.1, -0.05) is 63.8 Å². The first-order valence-corrected chi connectivity index (χ1v) is 13.2. The first kappa shape index (κ1) is 18.8. The zero-order valence-electron chi connectivity index (χ0n) is 17.4. The standard InChI is InChI=1S/C24H32NSi/c1-17(2)12-21-15-23(25(4)16-24(21)26(5,6)7)22-14-20-11-9-8-10-19(20)13-18(22)3/h8-11,13-17H,12H2,1-7H3/q+1. The van der Waals surface area contributed by atoms with Crippen LogP contribution in [0.2, 0.25) is 19.6 Å². The molecule has 0 saturated carbocycles. The molecule has 0 amide bonds. The van der Waals surface area contributed by atoms with Crippen LogP contribution in [0.15, 0.2) is 48.7 Å². The van der Waals surface area contributed by atoms with Crippen LogP contribution in [0.1, 0.15) is 25.0 Å². The van der Waals surface area contributed by atoms with E-state index in [-0.39, 0.29) is 0 Å². The number of fused-ring (bicyclic) bond motifs is 1. The Morgan fingerprint density at radius 3 is 2.15 bits per heavy atom. The quantitative estimate of drug-likeness (QED) is 0.433. The molecule has 3 rings (SSSR count).